The molecule has 1 aromatic heterocycles. The molecule has 11 heteroatoms. The minimum Gasteiger partial charge on any atom is -0.392 e. The van der Waals surface area contributed by atoms with Gasteiger partial charge in [-0.25, -0.2) is 8.78 Å². The quantitative estimate of drug-likeness (QED) is 0.299. The molecule has 0 radical (unpaired) electrons. The van der Waals surface area contributed by atoms with Gasteiger partial charge in [0.15, 0.2) is 13.1 Å². The molecule has 0 unspecified atom stereocenters. The van der Waals surface area contributed by atoms with Crippen molar-refractivity contribution in [2.45, 2.75) is 25.5 Å². The second kappa shape index (κ2) is 13.8. The Morgan fingerprint density at radius 3 is 2.48 bits per heavy atom. The third kappa shape index (κ3) is 9.42. The van der Waals surface area contributed by atoms with Crippen molar-refractivity contribution < 1.29 is 28.0 Å². The van der Waals surface area contributed by atoms with Gasteiger partial charge < -0.3 is 20.8 Å². The first-order valence-electron chi connectivity index (χ1n) is 10.0. The Kier molecular flexibility index (Phi) is 11.9. The second-order valence-electron chi connectivity index (χ2n) is 7.56. The monoisotopic (exact) mass is 484 g/mol. The third-order valence-electron chi connectivity index (χ3n) is 4.55. The van der Waals surface area contributed by atoms with Crippen molar-refractivity contribution in [3.63, 3.8) is 0 Å². The second-order valence-corrected chi connectivity index (χ2v) is 9.01. The Bertz CT molecular complexity index is 952. The molecule has 182 valence electrons. The van der Waals surface area contributed by atoms with Crippen molar-refractivity contribution in [3.8, 4) is 0 Å². The van der Waals surface area contributed by atoms with Crippen LogP contribution in [0, 0.1) is 11.2 Å². The van der Waals surface area contributed by atoms with Gasteiger partial charge in [0.25, 0.3) is 0 Å². The Labute approximate surface area is 194 Å². The van der Waals surface area contributed by atoms with Crippen LogP contribution in [0.1, 0.15) is 35.5 Å². The van der Waals surface area contributed by atoms with E-state index in [1.807, 2.05) is 7.05 Å². The van der Waals surface area contributed by atoms with Crippen molar-refractivity contribution in [2.75, 3.05) is 37.3 Å². The van der Waals surface area contributed by atoms with Gasteiger partial charge in [0.1, 0.15) is 11.5 Å². The molecule has 0 spiro atoms. The van der Waals surface area contributed by atoms with E-state index in [1.165, 1.54) is 24.4 Å². The molecule has 1 fully saturated rings. The molecular weight excluding hydrogens is 454 g/mol. The first-order chi connectivity index (χ1) is 15.6. The van der Waals surface area contributed by atoms with Gasteiger partial charge in [-0.15, -0.1) is 0 Å². The van der Waals surface area contributed by atoms with E-state index >= 15 is 0 Å². The molecule has 0 bridgehead atoms. The van der Waals surface area contributed by atoms with Crippen molar-refractivity contribution in [3.05, 3.63) is 59.2 Å². The zero-order chi connectivity index (χ0) is 25.0. The number of aliphatic hydroxyl groups is 2. The highest BCUT2D eigenvalue weighted by molar-refractivity contribution is 7.86. The lowest BCUT2D eigenvalue weighted by Gasteiger charge is -2.36. The van der Waals surface area contributed by atoms with Crippen LogP contribution in [0.3, 0.4) is 0 Å². The average molecular weight is 485 g/mol. The zero-order valence-electron chi connectivity index (χ0n) is 18.8. The number of benzene rings is 1. The Morgan fingerprint density at radius 2 is 2.03 bits per heavy atom. The number of hydrogen-bond acceptors (Lipinski definition) is 8. The lowest BCUT2D eigenvalue weighted by Crippen LogP contribution is -2.58. The summed E-state index contributed by atoms with van der Waals surface area (Å²) in [7, 11) is 1.39. The predicted octanol–water partition coefficient (Wildman–Crippen LogP) is 1.87. The van der Waals surface area contributed by atoms with Gasteiger partial charge in [-0.2, -0.15) is 0 Å². The van der Waals surface area contributed by atoms with Crippen LogP contribution in [-0.4, -0.2) is 75.0 Å². The van der Waals surface area contributed by atoms with E-state index in [2.05, 4.69) is 22.5 Å². The maximum atomic E-state index is 13.3. The summed E-state index contributed by atoms with van der Waals surface area (Å²) in [6.45, 7) is 2.70. The number of carbonyl (C=O) groups excluding carboxylic acids is 1. The standard InChI is InChI=1S/C16H16FN3O2.C5H11NOS.CH3FO/c1-10(22)7-19-14-5-11(9-21)8-20-16(14)15(18)12-3-2-4-13(17)6-12;1-5(6-2)3-8(7)4-5;2-1-3/h2-6,8-10,18-19,22H,7H2,1H3;6H,3-4H2,1-2H3;3H,1H2/t10-;;/m0../s1. The Morgan fingerprint density at radius 1 is 1.39 bits per heavy atom. The summed E-state index contributed by atoms with van der Waals surface area (Å²) in [6.07, 6.45) is 1.40. The number of anilines is 1. The van der Waals surface area contributed by atoms with E-state index in [1.54, 1.807) is 19.1 Å². The number of carbonyl (C=O) groups is 1. The fraction of sp³-hybridized carbons (Fsp3) is 0.409. The summed E-state index contributed by atoms with van der Waals surface area (Å²) in [5.41, 5.74) is 1.68. The lowest BCUT2D eigenvalue weighted by molar-refractivity contribution is 0.112. The minimum atomic E-state index is -1.25. The van der Waals surface area contributed by atoms with Crippen LogP contribution in [0.4, 0.5) is 14.5 Å². The summed E-state index contributed by atoms with van der Waals surface area (Å²) in [5.74, 6) is 1.21. The summed E-state index contributed by atoms with van der Waals surface area (Å²) >= 11 is 0. The fourth-order valence-electron chi connectivity index (χ4n) is 2.73. The van der Waals surface area contributed by atoms with Crippen molar-refractivity contribution in [2.24, 2.45) is 0 Å². The van der Waals surface area contributed by atoms with Gasteiger partial charge in [0.05, 0.1) is 17.5 Å². The Balaban J connectivity index is 0.000000409. The highest BCUT2D eigenvalue weighted by Crippen LogP contribution is 2.19. The number of nitrogens with zero attached hydrogens (tertiary/aromatic N) is 1. The number of aldehydes is 1. The number of aromatic nitrogens is 1. The van der Waals surface area contributed by atoms with Crippen LogP contribution in [0.25, 0.3) is 0 Å². The number of rotatable bonds is 7. The van der Waals surface area contributed by atoms with E-state index < -0.39 is 29.6 Å². The molecule has 5 N–H and O–H groups in total. The molecule has 0 aliphatic carbocycles. The third-order valence-corrected chi connectivity index (χ3v) is 6.46. The molecule has 2 aromatic rings. The normalized spacial score (nSPS) is 19.5. The number of alkyl halides is 1. The zero-order valence-corrected chi connectivity index (χ0v) is 19.6. The molecule has 1 aromatic carbocycles. The topological polar surface area (TPSA) is 135 Å². The van der Waals surface area contributed by atoms with Gasteiger partial charge in [-0.3, -0.25) is 19.4 Å². The first kappa shape index (κ1) is 28.4. The molecule has 1 aliphatic heterocycles. The number of pyridine rings is 1. The fourth-order valence-corrected chi connectivity index (χ4v) is 4.36. The predicted molar refractivity (Wildman–Crippen MR) is 126 cm³/mol. The summed E-state index contributed by atoms with van der Waals surface area (Å²) in [4.78, 5) is 15.0. The Hall–Kier alpha value is -2.60. The van der Waals surface area contributed by atoms with Gasteiger partial charge >= 0.3 is 0 Å². The SMILES string of the molecule is CNC1(C)CS(=O)C1.C[C@H](O)CNc1cc(C=O)cnc1C(=N)c1cccc(F)c1.OCF. The van der Waals surface area contributed by atoms with Gasteiger partial charge in [0.2, 0.25) is 0 Å². The van der Waals surface area contributed by atoms with Crippen LogP contribution in [0.15, 0.2) is 36.5 Å². The smallest absolute Gasteiger partial charge is 0.185 e. The summed E-state index contributed by atoms with van der Waals surface area (Å²) < 4.78 is 33.7. The number of hydrogen-bond donors (Lipinski definition) is 5. The van der Waals surface area contributed by atoms with Crippen molar-refractivity contribution in [1.29, 1.82) is 5.41 Å². The molecule has 1 atom stereocenters. The number of aliphatic hydroxyl groups excluding tert-OH is 2. The van der Waals surface area contributed by atoms with Crippen molar-refractivity contribution in [1.82, 2.24) is 10.3 Å². The van der Waals surface area contributed by atoms with E-state index in [9.17, 15) is 22.9 Å². The highest BCUT2D eigenvalue weighted by atomic mass is 32.2. The summed E-state index contributed by atoms with van der Waals surface area (Å²) in [6, 6.07) is 7.22. The van der Waals surface area contributed by atoms with Crippen LogP contribution >= 0.6 is 0 Å². The molecule has 33 heavy (non-hydrogen) atoms. The van der Waals surface area contributed by atoms with E-state index in [0.29, 0.717) is 23.1 Å². The molecule has 0 saturated carbocycles. The van der Waals surface area contributed by atoms with Crippen LogP contribution in [-0.2, 0) is 10.8 Å². The van der Waals surface area contributed by atoms with Crippen LogP contribution in [0.5, 0.6) is 0 Å². The van der Waals surface area contributed by atoms with Gasteiger partial charge in [0, 0.05) is 51.7 Å². The maximum absolute atomic E-state index is 13.3. The molecule has 3 rings (SSSR count). The van der Waals surface area contributed by atoms with E-state index in [-0.39, 0.29) is 23.5 Å². The largest absolute Gasteiger partial charge is 0.392 e. The van der Waals surface area contributed by atoms with Crippen LogP contribution < -0.4 is 10.6 Å². The average Bonchev–Trinajstić information content (AvgIpc) is 2.77. The van der Waals surface area contributed by atoms with Crippen molar-refractivity contribution >= 4 is 28.5 Å². The van der Waals surface area contributed by atoms with E-state index in [0.717, 1.165) is 11.5 Å². The molecular formula is C22H30F2N4O4S. The molecule has 1 aliphatic rings. The lowest BCUT2D eigenvalue weighted by atomic mass is 10.0. The highest BCUT2D eigenvalue weighted by Gasteiger charge is 2.36. The van der Waals surface area contributed by atoms with E-state index in [4.69, 9.17) is 10.5 Å². The first-order valence-corrected chi connectivity index (χ1v) is 11.5. The molecule has 1 saturated heterocycles. The number of nitrogens with one attached hydrogen (secondary N) is 3. The summed E-state index contributed by atoms with van der Waals surface area (Å²) in [5, 5.41) is 30.5. The number of halogens is 2. The molecule has 8 nitrogen and oxygen atoms in total. The maximum Gasteiger partial charge on any atom is 0.185 e. The van der Waals surface area contributed by atoms with Gasteiger partial charge in [-0.1, -0.05) is 12.1 Å². The molecule has 2 heterocycles. The molecule has 0 amide bonds. The van der Waals surface area contributed by atoms with Crippen LogP contribution in [0.2, 0.25) is 0 Å². The van der Waals surface area contributed by atoms with Gasteiger partial charge in [-0.05, 0) is 39.1 Å². The minimum absolute atomic E-state index is 0.0324.